The number of hydrogen-bond donors (Lipinski definition) is 2. The van der Waals surface area contributed by atoms with Gasteiger partial charge in [-0.2, -0.15) is 0 Å². The van der Waals surface area contributed by atoms with E-state index in [0.29, 0.717) is 11.4 Å². The highest BCUT2D eigenvalue weighted by atomic mass is 35.5. The predicted molar refractivity (Wildman–Crippen MR) is 115 cm³/mol. The SMILES string of the molecule is COc1ccc(NS(=O)(=O)c2cc(C(=O)NC(C)c3cccs3)ccc2Cl)cc1. The fourth-order valence-electron chi connectivity index (χ4n) is 2.61. The van der Waals surface area contributed by atoms with Crippen molar-refractivity contribution in [1.29, 1.82) is 0 Å². The molecular formula is C20H19ClN2O4S2. The molecule has 0 fully saturated rings. The highest BCUT2D eigenvalue weighted by Crippen LogP contribution is 2.26. The summed E-state index contributed by atoms with van der Waals surface area (Å²) in [5.41, 5.74) is 0.552. The zero-order chi connectivity index (χ0) is 21.0. The van der Waals surface area contributed by atoms with E-state index < -0.39 is 10.0 Å². The van der Waals surface area contributed by atoms with Crippen molar-refractivity contribution in [2.24, 2.45) is 0 Å². The maximum atomic E-state index is 12.8. The molecule has 2 N–H and O–H groups in total. The third-order valence-electron chi connectivity index (χ3n) is 4.14. The van der Waals surface area contributed by atoms with E-state index in [-0.39, 0.29) is 27.4 Å². The standard InChI is InChI=1S/C20H19ClN2O4S2/c1-13(18-4-3-11-28-18)22-20(24)14-5-10-17(21)19(12-14)29(25,26)23-15-6-8-16(27-2)9-7-15/h3-13,23H,1-2H3,(H,22,24). The number of nitrogens with one attached hydrogen (secondary N) is 2. The van der Waals surface area contributed by atoms with Gasteiger partial charge in [0, 0.05) is 16.1 Å². The molecule has 0 radical (unpaired) electrons. The normalized spacial score (nSPS) is 12.2. The van der Waals surface area contributed by atoms with Crippen LogP contribution >= 0.6 is 22.9 Å². The second-order valence-corrected chi connectivity index (χ2v) is 9.23. The number of benzene rings is 2. The molecule has 0 saturated carbocycles. The molecule has 0 aliphatic heterocycles. The summed E-state index contributed by atoms with van der Waals surface area (Å²) < 4.78 is 33.1. The lowest BCUT2D eigenvalue weighted by molar-refractivity contribution is 0.0940. The van der Waals surface area contributed by atoms with Crippen molar-refractivity contribution >= 4 is 44.6 Å². The average Bonchev–Trinajstić information content (AvgIpc) is 3.23. The Morgan fingerprint density at radius 2 is 1.86 bits per heavy atom. The summed E-state index contributed by atoms with van der Waals surface area (Å²) in [7, 11) is -2.47. The van der Waals surface area contributed by atoms with Crippen molar-refractivity contribution in [2.45, 2.75) is 17.9 Å². The topological polar surface area (TPSA) is 84.5 Å². The summed E-state index contributed by atoms with van der Waals surface area (Å²) in [6, 6.07) is 14.2. The van der Waals surface area contributed by atoms with Gasteiger partial charge in [-0.1, -0.05) is 17.7 Å². The zero-order valence-electron chi connectivity index (χ0n) is 15.7. The third-order valence-corrected chi connectivity index (χ3v) is 7.06. The van der Waals surface area contributed by atoms with Gasteiger partial charge in [0.15, 0.2) is 0 Å². The first-order chi connectivity index (χ1) is 13.8. The van der Waals surface area contributed by atoms with Crippen molar-refractivity contribution in [2.75, 3.05) is 11.8 Å². The maximum Gasteiger partial charge on any atom is 0.263 e. The van der Waals surface area contributed by atoms with Crippen LogP contribution in [0, 0.1) is 0 Å². The van der Waals surface area contributed by atoms with Crippen LogP contribution in [0.25, 0.3) is 0 Å². The number of amides is 1. The molecule has 0 aliphatic rings. The summed E-state index contributed by atoms with van der Waals surface area (Å²) in [6.07, 6.45) is 0. The van der Waals surface area contributed by atoms with Crippen molar-refractivity contribution < 1.29 is 17.9 Å². The lowest BCUT2D eigenvalue weighted by atomic mass is 10.2. The van der Waals surface area contributed by atoms with E-state index in [1.165, 1.54) is 36.6 Å². The highest BCUT2D eigenvalue weighted by molar-refractivity contribution is 7.92. The molecule has 0 saturated heterocycles. The Labute approximate surface area is 178 Å². The van der Waals surface area contributed by atoms with Gasteiger partial charge in [-0.25, -0.2) is 8.42 Å². The maximum absolute atomic E-state index is 12.8. The number of anilines is 1. The molecule has 0 spiro atoms. The third kappa shape index (κ3) is 5.09. The second-order valence-electron chi connectivity index (χ2n) is 6.19. The number of halogens is 1. The minimum atomic E-state index is -3.99. The fourth-order valence-corrected chi connectivity index (χ4v) is 4.93. The molecular weight excluding hydrogens is 432 g/mol. The van der Waals surface area contributed by atoms with Gasteiger partial charge in [-0.05, 0) is 60.8 Å². The van der Waals surface area contributed by atoms with Gasteiger partial charge in [0.25, 0.3) is 15.9 Å². The van der Waals surface area contributed by atoms with Gasteiger partial charge in [0.1, 0.15) is 10.6 Å². The van der Waals surface area contributed by atoms with E-state index in [1.807, 2.05) is 24.4 Å². The van der Waals surface area contributed by atoms with Gasteiger partial charge in [-0.15, -0.1) is 11.3 Å². The first-order valence-electron chi connectivity index (χ1n) is 8.61. The van der Waals surface area contributed by atoms with Crippen LogP contribution in [0.5, 0.6) is 5.75 Å². The first kappa shape index (κ1) is 21.2. The highest BCUT2D eigenvalue weighted by Gasteiger charge is 2.21. The Kier molecular flexibility index (Phi) is 6.46. The van der Waals surface area contributed by atoms with Gasteiger partial charge < -0.3 is 10.1 Å². The number of rotatable bonds is 7. The van der Waals surface area contributed by atoms with E-state index in [0.717, 1.165) is 4.88 Å². The molecule has 3 rings (SSSR count). The zero-order valence-corrected chi connectivity index (χ0v) is 18.1. The molecule has 1 amide bonds. The summed E-state index contributed by atoms with van der Waals surface area (Å²) in [4.78, 5) is 13.4. The molecule has 0 aliphatic carbocycles. The Bertz CT molecular complexity index is 1100. The van der Waals surface area contributed by atoms with Crippen LogP contribution < -0.4 is 14.8 Å². The Hall–Kier alpha value is -2.55. The van der Waals surface area contributed by atoms with Crippen LogP contribution in [-0.2, 0) is 10.0 Å². The van der Waals surface area contributed by atoms with E-state index in [2.05, 4.69) is 10.0 Å². The largest absolute Gasteiger partial charge is 0.497 e. The molecule has 29 heavy (non-hydrogen) atoms. The van der Waals surface area contributed by atoms with Crippen molar-refractivity contribution in [1.82, 2.24) is 5.32 Å². The van der Waals surface area contributed by atoms with E-state index in [9.17, 15) is 13.2 Å². The lowest BCUT2D eigenvalue weighted by Gasteiger charge is -2.14. The van der Waals surface area contributed by atoms with Crippen molar-refractivity contribution in [3.63, 3.8) is 0 Å². The van der Waals surface area contributed by atoms with Gasteiger partial charge in [0.2, 0.25) is 0 Å². The van der Waals surface area contributed by atoms with Gasteiger partial charge in [-0.3, -0.25) is 9.52 Å². The Morgan fingerprint density at radius 1 is 1.14 bits per heavy atom. The van der Waals surface area contributed by atoms with E-state index in [4.69, 9.17) is 16.3 Å². The number of thiophene rings is 1. The van der Waals surface area contributed by atoms with Crippen LogP contribution in [-0.4, -0.2) is 21.4 Å². The molecule has 1 heterocycles. The molecule has 1 unspecified atom stereocenters. The van der Waals surface area contributed by atoms with Crippen LogP contribution in [0.2, 0.25) is 5.02 Å². The van der Waals surface area contributed by atoms with E-state index >= 15 is 0 Å². The molecule has 9 heteroatoms. The van der Waals surface area contributed by atoms with Crippen LogP contribution in [0.4, 0.5) is 5.69 Å². The molecule has 6 nitrogen and oxygen atoms in total. The number of hydrogen-bond acceptors (Lipinski definition) is 5. The number of methoxy groups -OCH3 is 1. The summed E-state index contributed by atoms with van der Waals surface area (Å²) in [6.45, 7) is 1.86. The lowest BCUT2D eigenvalue weighted by Crippen LogP contribution is -2.26. The first-order valence-corrected chi connectivity index (χ1v) is 11.3. The van der Waals surface area contributed by atoms with Gasteiger partial charge >= 0.3 is 0 Å². The minimum absolute atomic E-state index is 0.0221. The average molecular weight is 451 g/mol. The number of carbonyl (C=O) groups is 1. The molecule has 2 aromatic carbocycles. The monoisotopic (exact) mass is 450 g/mol. The Balaban J connectivity index is 1.82. The fraction of sp³-hybridized carbons (Fsp3) is 0.150. The number of carbonyl (C=O) groups excluding carboxylic acids is 1. The number of ether oxygens (including phenoxy) is 1. The van der Waals surface area contributed by atoms with E-state index in [1.54, 1.807) is 24.3 Å². The van der Waals surface area contributed by atoms with Crippen molar-refractivity contribution in [3.05, 3.63) is 75.4 Å². The minimum Gasteiger partial charge on any atom is -0.497 e. The number of sulfonamides is 1. The second kappa shape index (κ2) is 8.86. The molecule has 152 valence electrons. The van der Waals surface area contributed by atoms with Gasteiger partial charge in [0.05, 0.1) is 18.2 Å². The summed E-state index contributed by atoms with van der Waals surface area (Å²) in [5, 5.41) is 4.81. The molecule has 1 aromatic heterocycles. The summed E-state index contributed by atoms with van der Waals surface area (Å²) in [5.74, 6) is 0.216. The molecule has 3 aromatic rings. The van der Waals surface area contributed by atoms with Crippen LogP contribution in [0.15, 0.2) is 64.9 Å². The van der Waals surface area contributed by atoms with Crippen LogP contribution in [0.1, 0.15) is 28.2 Å². The van der Waals surface area contributed by atoms with Crippen molar-refractivity contribution in [3.8, 4) is 5.75 Å². The quantitative estimate of drug-likeness (QED) is 0.546. The van der Waals surface area contributed by atoms with Crippen LogP contribution in [0.3, 0.4) is 0 Å². The molecule has 0 bridgehead atoms. The smallest absolute Gasteiger partial charge is 0.263 e. The molecule has 1 atom stereocenters. The summed E-state index contributed by atoms with van der Waals surface area (Å²) >= 11 is 7.65. The Morgan fingerprint density at radius 3 is 2.48 bits per heavy atom. The predicted octanol–water partition coefficient (Wildman–Crippen LogP) is 4.70.